The van der Waals surface area contributed by atoms with Crippen LogP contribution in [0.1, 0.15) is 15.9 Å². The minimum Gasteiger partial charge on any atom is -0.348 e. The van der Waals surface area contributed by atoms with Gasteiger partial charge in [0.1, 0.15) is 0 Å². The SMILES string of the molecule is NS(=O)(=O)c1ccc(CNC(=O)c2cnc(-c3ccccc3)nc2)cc1. The number of primary sulfonamides is 1. The Morgan fingerprint density at radius 1 is 0.962 bits per heavy atom. The van der Waals surface area contributed by atoms with E-state index in [-0.39, 0.29) is 17.3 Å². The largest absolute Gasteiger partial charge is 0.348 e. The minimum atomic E-state index is -3.72. The Hall–Kier alpha value is -3.10. The van der Waals surface area contributed by atoms with E-state index in [0.29, 0.717) is 11.4 Å². The summed E-state index contributed by atoms with van der Waals surface area (Å²) in [6.07, 6.45) is 2.93. The lowest BCUT2D eigenvalue weighted by Crippen LogP contribution is -2.23. The molecule has 0 saturated heterocycles. The van der Waals surface area contributed by atoms with Crippen LogP contribution >= 0.6 is 0 Å². The molecule has 0 radical (unpaired) electrons. The molecular weight excluding hydrogens is 352 g/mol. The first-order valence-corrected chi connectivity index (χ1v) is 9.25. The van der Waals surface area contributed by atoms with Crippen molar-refractivity contribution in [2.45, 2.75) is 11.4 Å². The van der Waals surface area contributed by atoms with Crippen LogP contribution in [0.15, 0.2) is 71.9 Å². The van der Waals surface area contributed by atoms with Crippen LogP contribution < -0.4 is 10.5 Å². The van der Waals surface area contributed by atoms with Gasteiger partial charge in [-0.1, -0.05) is 42.5 Å². The topological polar surface area (TPSA) is 115 Å². The highest BCUT2D eigenvalue weighted by Crippen LogP contribution is 2.13. The van der Waals surface area contributed by atoms with Gasteiger partial charge in [0, 0.05) is 24.5 Å². The van der Waals surface area contributed by atoms with Crippen LogP contribution in [0.2, 0.25) is 0 Å². The number of benzene rings is 2. The van der Waals surface area contributed by atoms with Crippen LogP contribution in [0.4, 0.5) is 0 Å². The maximum absolute atomic E-state index is 12.2. The summed E-state index contributed by atoms with van der Waals surface area (Å²) in [5, 5.41) is 7.78. The molecule has 132 valence electrons. The van der Waals surface area contributed by atoms with E-state index in [0.717, 1.165) is 11.1 Å². The highest BCUT2D eigenvalue weighted by Gasteiger charge is 2.09. The number of carbonyl (C=O) groups excluding carboxylic acids is 1. The molecule has 3 aromatic rings. The first kappa shape index (κ1) is 17.7. The lowest BCUT2D eigenvalue weighted by molar-refractivity contribution is 0.0950. The Morgan fingerprint density at radius 2 is 1.58 bits per heavy atom. The summed E-state index contributed by atoms with van der Waals surface area (Å²) in [6.45, 7) is 0.240. The van der Waals surface area contributed by atoms with Gasteiger partial charge in [-0.3, -0.25) is 4.79 Å². The number of hydrogen-bond acceptors (Lipinski definition) is 5. The predicted octanol–water partition coefficient (Wildman–Crippen LogP) is 1.72. The average molecular weight is 368 g/mol. The summed E-state index contributed by atoms with van der Waals surface area (Å²) in [4.78, 5) is 20.6. The van der Waals surface area contributed by atoms with Gasteiger partial charge in [-0.25, -0.2) is 23.5 Å². The molecule has 0 aliphatic heterocycles. The molecule has 0 unspecified atom stereocenters. The zero-order chi connectivity index (χ0) is 18.6. The minimum absolute atomic E-state index is 0.0254. The molecule has 8 heteroatoms. The van der Waals surface area contributed by atoms with Gasteiger partial charge < -0.3 is 5.32 Å². The summed E-state index contributed by atoms with van der Waals surface area (Å²) >= 11 is 0. The second-order valence-corrected chi connectivity index (χ2v) is 7.09. The van der Waals surface area contributed by atoms with Crippen LogP contribution in [0, 0.1) is 0 Å². The highest BCUT2D eigenvalue weighted by atomic mass is 32.2. The van der Waals surface area contributed by atoms with E-state index in [9.17, 15) is 13.2 Å². The van der Waals surface area contributed by atoms with E-state index in [2.05, 4.69) is 15.3 Å². The molecule has 0 aliphatic rings. The number of rotatable bonds is 5. The van der Waals surface area contributed by atoms with Gasteiger partial charge in [-0.2, -0.15) is 0 Å². The van der Waals surface area contributed by atoms with Gasteiger partial charge in [-0.15, -0.1) is 0 Å². The van der Waals surface area contributed by atoms with Crippen molar-refractivity contribution in [2.24, 2.45) is 5.14 Å². The summed E-state index contributed by atoms with van der Waals surface area (Å²) in [7, 11) is -3.72. The number of sulfonamides is 1. The van der Waals surface area contributed by atoms with Crippen LogP contribution in [0.3, 0.4) is 0 Å². The van der Waals surface area contributed by atoms with Gasteiger partial charge >= 0.3 is 0 Å². The van der Waals surface area contributed by atoms with Crippen molar-refractivity contribution in [1.82, 2.24) is 15.3 Å². The number of hydrogen-bond donors (Lipinski definition) is 2. The van der Waals surface area contributed by atoms with Crippen molar-refractivity contribution in [2.75, 3.05) is 0 Å². The maximum Gasteiger partial charge on any atom is 0.254 e. The van der Waals surface area contributed by atoms with E-state index in [1.165, 1.54) is 24.5 Å². The van der Waals surface area contributed by atoms with Gasteiger partial charge in [0.25, 0.3) is 5.91 Å². The van der Waals surface area contributed by atoms with E-state index < -0.39 is 10.0 Å². The Bertz CT molecular complexity index is 1000. The van der Waals surface area contributed by atoms with Crippen molar-refractivity contribution in [3.05, 3.63) is 78.1 Å². The molecule has 0 aliphatic carbocycles. The van der Waals surface area contributed by atoms with E-state index in [1.807, 2.05) is 30.3 Å². The van der Waals surface area contributed by atoms with Crippen LogP contribution in [-0.4, -0.2) is 24.3 Å². The van der Waals surface area contributed by atoms with Crippen molar-refractivity contribution in [1.29, 1.82) is 0 Å². The fraction of sp³-hybridized carbons (Fsp3) is 0.0556. The number of nitrogens with two attached hydrogens (primary N) is 1. The van der Waals surface area contributed by atoms with Gasteiger partial charge in [0.05, 0.1) is 10.5 Å². The second-order valence-electron chi connectivity index (χ2n) is 5.53. The molecule has 3 rings (SSSR count). The summed E-state index contributed by atoms with van der Waals surface area (Å²) in [5.41, 5.74) is 1.95. The molecule has 1 amide bonds. The van der Waals surface area contributed by atoms with Crippen molar-refractivity contribution < 1.29 is 13.2 Å². The zero-order valence-electron chi connectivity index (χ0n) is 13.7. The van der Waals surface area contributed by atoms with Crippen molar-refractivity contribution >= 4 is 15.9 Å². The number of carbonyl (C=O) groups is 1. The third-order valence-electron chi connectivity index (χ3n) is 3.65. The molecule has 0 atom stereocenters. The second kappa shape index (κ2) is 7.42. The molecule has 0 saturated carbocycles. The first-order valence-electron chi connectivity index (χ1n) is 7.71. The Balaban J connectivity index is 1.63. The van der Waals surface area contributed by atoms with E-state index >= 15 is 0 Å². The molecule has 7 nitrogen and oxygen atoms in total. The molecule has 1 heterocycles. The Kier molecular flexibility index (Phi) is 5.06. The fourth-order valence-corrected chi connectivity index (χ4v) is 2.78. The molecule has 0 spiro atoms. The van der Waals surface area contributed by atoms with E-state index in [4.69, 9.17) is 5.14 Å². The molecule has 3 N–H and O–H groups in total. The van der Waals surface area contributed by atoms with Crippen LogP contribution in [0.5, 0.6) is 0 Å². The molecule has 0 fully saturated rings. The first-order chi connectivity index (χ1) is 12.4. The molecule has 0 bridgehead atoms. The van der Waals surface area contributed by atoms with E-state index in [1.54, 1.807) is 12.1 Å². The van der Waals surface area contributed by atoms with Gasteiger partial charge in [0.15, 0.2) is 5.82 Å². The molecular formula is C18H16N4O3S. The van der Waals surface area contributed by atoms with Gasteiger partial charge in [0.2, 0.25) is 10.0 Å². The molecule has 1 aromatic heterocycles. The Morgan fingerprint density at radius 3 is 2.15 bits per heavy atom. The predicted molar refractivity (Wildman–Crippen MR) is 96.5 cm³/mol. The molecule has 26 heavy (non-hydrogen) atoms. The fourth-order valence-electron chi connectivity index (χ4n) is 2.26. The lowest BCUT2D eigenvalue weighted by Gasteiger charge is -2.06. The number of nitrogens with one attached hydrogen (secondary N) is 1. The summed E-state index contributed by atoms with van der Waals surface area (Å²) in [6, 6.07) is 15.4. The Labute approximate surface area is 151 Å². The number of amides is 1. The van der Waals surface area contributed by atoms with Gasteiger partial charge in [-0.05, 0) is 17.7 Å². The maximum atomic E-state index is 12.2. The monoisotopic (exact) mass is 368 g/mol. The van der Waals surface area contributed by atoms with Crippen LogP contribution in [0.25, 0.3) is 11.4 Å². The summed E-state index contributed by atoms with van der Waals surface area (Å²) < 4.78 is 22.4. The summed E-state index contributed by atoms with van der Waals surface area (Å²) in [5.74, 6) is 0.223. The van der Waals surface area contributed by atoms with Crippen molar-refractivity contribution in [3.8, 4) is 11.4 Å². The third-order valence-corrected chi connectivity index (χ3v) is 4.58. The molecule has 2 aromatic carbocycles. The smallest absolute Gasteiger partial charge is 0.254 e. The van der Waals surface area contributed by atoms with Crippen molar-refractivity contribution in [3.63, 3.8) is 0 Å². The van der Waals surface area contributed by atoms with Crippen LogP contribution in [-0.2, 0) is 16.6 Å². The third kappa shape index (κ3) is 4.29. The number of nitrogens with zero attached hydrogens (tertiary/aromatic N) is 2. The standard InChI is InChI=1S/C18H16N4O3S/c19-26(24,25)16-8-6-13(7-9-16)10-22-18(23)15-11-20-17(21-12-15)14-4-2-1-3-5-14/h1-9,11-12H,10H2,(H,22,23)(H2,19,24,25). The lowest BCUT2D eigenvalue weighted by atomic mass is 10.2. The average Bonchev–Trinajstić information content (AvgIpc) is 2.66. The normalized spacial score (nSPS) is 11.1. The number of aromatic nitrogens is 2. The highest BCUT2D eigenvalue weighted by molar-refractivity contribution is 7.89. The zero-order valence-corrected chi connectivity index (χ0v) is 14.5. The quantitative estimate of drug-likeness (QED) is 0.711.